The third kappa shape index (κ3) is 4.67. The molecule has 25 heavy (non-hydrogen) atoms. The van der Waals surface area contributed by atoms with Gasteiger partial charge < -0.3 is 10.6 Å². The molecule has 3 rings (SSSR count). The second-order valence-electron chi connectivity index (χ2n) is 5.66. The summed E-state index contributed by atoms with van der Waals surface area (Å²) in [5, 5.41) is 7.64. The maximum Gasteiger partial charge on any atom is 0.243 e. The Morgan fingerprint density at radius 1 is 0.840 bits per heavy atom. The first kappa shape index (κ1) is 17.2. The fourth-order valence-electron chi connectivity index (χ4n) is 2.53. The van der Waals surface area contributed by atoms with Crippen LogP contribution in [-0.4, -0.2) is 18.4 Å². The average Bonchev–Trinajstić information content (AvgIpc) is 2.62. The van der Waals surface area contributed by atoms with E-state index >= 15 is 0 Å². The van der Waals surface area contributed by atoms with Crippen molar-refractivity contribution in [2.75, 3.05) is 11.9 Å². The normalized spacial score (nSPS) is 10.4. The van der Waals surface area contributed by atoms with Crippen LogP contribution in [0.4, 0.5) is 5.69 Å². The number of fused-ring (bicyclic) bond motifs is 1. The van der Waals surface area contributed by atoms with Crippen LogP contribution in [0.2, 0.25) is 0 Å². The van der Waals surface area contributed by atoms with E-state index in [2.05, 4.69) is 26.6 Å². The van der Waals surface area contributed by atoms with Gasteiger partial charge in [0.2, 0.25) is 11.8 Å². The van der Waals surface area contributed by atoms with Gasteiger partial charge in [0.25, 0.3) is 0 Å². The molecule has 0 saturated heterocycles. The number of nitrogens with one attached hydrogen (secondary N) is 2. The summed E-state index contributed by atoms with van der Waals surface area (Å²) in [5.74, 6) is -0.448. The van der Waals surface area contributed by atoms with E-state index in [1.807, 2.05) is 60.7 Å². The Morgan fingerprint density at radius 2 is 1.56 bits per heavy atom. The van der Waals surface area contributed by atoms with Gasteiger partial charge in [-0.1, -0.05) is 54.6 Å². The molecule has 0 atom stereocenters. The summed E-state index contributed by atoms with van der Waals surface area (Å²) in [6.45, 7) is -0.0618. The summed E-state index contributed by atoms with van der Waals surface area (Å²) in [6, 6.07) is 21.3. The Labute approximate surface area is 154 Å². The van der Waals surface area contributed by atoms with Crippen LogP contribution in [0.1, 0.15) is 5.56 Å². The van der Waals surface area contributed by atoms with Gasteiger partial charge in [0.05, 0.1) is 18.7 Å². The molecule has 0 aliphatic carbocycles. The minimum atomic E-state index is -0.265. The van der Waals surface area contributed by atoms with Gasteiger partial charge in [-0.15, -0.1) is 0 Å². The Kier molecular flexibility index (Phi) is 5.46. The van der Waals surface area contributed by atoms with Crippen LogP contribution in [-0.2, 0) is 16.0 Å². The summed E-state index contributed by atoms with van der Waals surface area (Å²) >= 11 is 3.37. The largest absolute Gasteiger partial charge is 0.347 e. The number of hydrogen-bond acceptors (Lipinski definition) is 2. The predicted octanol–water partition coefficient (Wildman–Crippen LogP) is 3.90. The zero-order chi connectivity index (χ0) is 17.6. The lowest BCUT2D eigenvalue weighted by Crippen LogP contribution is -2.33. The maximum atomic E-state index is 12.1. The van der Waals surface area contributed by atoms with E-state index in [0.29, 0.717) is 5.69 Å². The molecule has 0 aliphatic rings. The van der Waals surface area contributed by atoms with E-state index in [0.717, 1.165) is 20.8 Å². The van der Waals surface area contributed by atoms with E-state index < -0.39 is 0 Å². The van der Waals surface area contributed by atoms with E-state index in [9.17, 15) is 9.59 Å². The number of para-hydroxylation sites is 1. The van der Waals surface area contributed by atoms with Crippen LogP contribution in [0.25, 0.3) is 10.8 Å². The van der Waals surface area contributed by atoms with Gasteiger partial charge in [0.15, 0.2) is 0 Å². The first-order chi connectivity index (χ1) is 12.1. The molecular formula is C20H17BrN2O2. The highest BCUT2D eigenvalue weighted by atomic mass is 79.9. The summed E-state index contributed by atoms with van der Waals surface area (Å²) < 4.78 is 0.797. The number of carbonyl (C=O) groups excluding carboxylic acids is 2. The van der Waals surface area contributed by atoms with Crippen LogP contribution in [0.15, 0.2) is 71.2 Å². The number of rotatable bonds is 5. The van der Waals surface area contributed by atoms with Gasteiger partial charge in [-0.25, -0.2) is 0 Å². The minimum Gasteiger partial charge on any atom is -0.347 e. The van der Waals surface area contributed by atoms with Crippen molar-refractivity contribution in [1.82, 2.24) is 5.32 Å². The van der Waals surface area contributed by atoms with Crippen LogP contribution < -0.4 is 10.6 Å². The fourth-order valence-corrected chi connectivity index (χ4v) is 2.92. The van der Waals surface area contributed by atoms with E-state index in [-0.39, 0.29) is 24.8 Å². The van der Waals surface area contributed by atoms with Crippen LogP contribution in [0.5, 0.6) is 0 Å². The molecule has 0 radical (unpaired) electrons. The molecular weight excluding hydrogens is 380 g/mol. The second-order valence-corrected chi connectivity index (χ2v) is 6.52. The molecule has 0 heterocycles. The van der Waals surface area contributed by atoms with E-state index in [4.69, 9.17) is 0 Å². The maximum absolute atomic E-state index is 12.1. The monoisotopic (exact) mass is 396 g/mol. The number of halogens is 1. The van der Waals surface area contributed by atoms with Crippen molar-refractivity contribution in [3.05, 3.63) is 76.8 Å². The summed E-state index contributed by atoms with van der Waals surface area (Å²) in [6.07, 6.45) is 0.243. The van der Waals surface area contributed by atoms with Gasteiger partial charge in [-0.2, -0.15) is 0 Å². The Morgan fingerprint density at radius 3 is 2.36 bits per heavy atom. The van der Waals surface area contributed by atoms with Gasteiger partial charge >= 0.3 is 0 Å². The highest BCUT2D eigenvalue weighted by Crippen LogP contribution is 2.20. The van der Waals surface area contributed by atoms with Gasteiger partial charge in [0.1, 0.15) is 0 Å². The van der Waals surface area contributed by atoms with E-state index in [1.54, 1.807) is 6.07 Å². The number of hydrogen-bond donors (Lipinski definition) is 2. The van der Waals surface area contributed by atoms with Gasteiger partial charge in [0, 0.05) is 4.47 Å². The standard InChI is InChI=1S/C20H17BrN2O2/c21-17-7-3-4-8-18(17)23-20(25)13-22-19(24)12-14-9-10-15-5-1-2-6-16(15)11-14/h1-11H,12-13H2,(H,22,24)(H,23,25). The number of benzene rings is 3. The number of amides is 2. The molecule has 126 valence electrons. The molecule has 0 aliphatic heterocycles. The highest BCUT2D eigenvalue weighted by molar-refractivity contribution is 9.10. The highest BCUT2D eigenvalue weighted by Gasteiger charge is 2.08. The molecule has 0 spiro atoms. The first-order valence-corrected chi connectivity index (χ1v) is 8.70. The smallest absolute Gasteiger partial charge is 0.243 e. The summed E-state index contributed by atoms with van der Waals surface area (Å²) in [7, 11) is 0. The molecule has 0 saturated carbocycles. The van der Waals surface area contributed by atoms with Crippen LogP contribution in [0.3, 0.4) is 0 Å². The fraction of sp³-hybridized carbons (Fsp3) is 0.100. The topological polar surface area (TPSA) is 58.2 Å². The quantitative estimate of drug-likeness (QED) is 0.686. The van der Waals surface area contributed by atoms with Gasteiger partial charge in [-0.05, 0) is 44.4 Å². The third-order valence-corrected chi connectivity index (χ3v) is 4.46. The summed E-state index contributed by atoms with van der Waals surface area (Å²) in [5.41, 5.74) is 1.60. The molecule has 2 amide bonds. The Hall–Kier alpha value is -2.66. The van der Waals surface area contributed by atoms with Crippen molar-refractivity contribution in [2.24, 2.45) is 0 Å². The van der Waals surface area contributed by atoms with E-state index in [1.165, 1.54) is 0 Å². The lowest BCUT2D eigenvalue weighted by molar-refractivity contribution is -0.123. The Bertz CT molecular complexity index is 924. The zero-order valence-electron chi connectivity index (χ0n) is 13.5. The van der Waals surface area contributed by atoms with Gasteiger partial charge in [-0.3, -0.25) is 9.59 Å². The van der Waals surface area contributed by atoms with Crippen molar-refractivity contribution >= 4 is 44.2 Å². The van der Waals surface area contributed by atoms with Crippen molar-refractivity contribution in [1.29, 1.82) is 0 Å². The molecule has 3 aromatic carbocycles. The first-order valence-electron chi connectivity index (χ1n) is 7.90. The molecule has 4 nitrogen and oxygen atoms in total. The minimum absolute atomic E-state index is 0.0618. The predicted molar refractivity (Wildman–Crippen MR) is 103 cm³/mol. The van der Waals surface area contributed by atoms with Crippen molar-refractivity contribution in [3.63, 3.8) is 0 Å². The molecule has 0 bridgehead atoms. The summed E-state index contributed by atoms with van der Waals surface area (Å²) in [4.78, 5) is 24.0. The average molecular weight is 397 g/mol. The SMILES string of the molecule is O=C(Cc1ccc2ccccc2c1)NCC(=O)Nc1ccccc1Br. The van der Waals surface area contributed by atoms with Crippen molar-refractivity contribution in [3.8, 4) is 0 Å². The zero-order valence-corrected chi connectivity index (χ0v) is 15.0. The molecule has 0 unspecified atom stereocenters. The molecule has 5 heteroatoms. The molecule has 0 fully saturated rings. The number of carbonyl (C=O) groups is 2. The second kappa shape index (κ2) is 7.94. The number of anilines is 1. The lowest BCUT2D eigenvalue weighted by atomic mass is 10.1. The molecule has 0 aromatic heterocycles. The molecule has 2 N–H and O–H groups in total. The van der Waals surface area contributed by atoms with Crippen molar-refractivity contribution in [2.45, 2.75) is 6.42 Å². The third-order valence-electron chi connectivity index (χ3n) is 3.77. The molecule has 3 aromatic rings. The van der Waals surface area contributed by atoms with Crippen LogP contribution in [0, 0.1) is 0 Å². The lowest BCUT2D eigenvalue weighted by Gasteiger charge is -2.09. The van der Waals surface area contributed by atoms with Crippen molar-refractivity contribution < 1.29 is 9.59 Å². The Balaban J connectivity index is 1.53. The van der Waals surface area contributed by atoms with Crippen LogP contribution >= 0.6 is 15.9 Å².